The van der Waals surface area contributed by atoms with Gasteiger partial charge in [-0.25, -0.2) is 18.9 Å². The predicted molar refractivity (Wildman–Crippen MR) is 126 cm³/mol. The lowest BCUT2D eigenvalue weighted by molar-refractivity contribution is -0.117. The lowest BCUT2D eigenvalue weighted by Crippen LogP contribution is -2.28. The number of rotatable bonds is 7. The summed E-state index contributed by atoms with van der Waals surface area (Å²) in [4.78, 5) is 30.8. The van der Waals surface area contributed by atoms with Gasteiger partial charge in [-0.2, -0.15) is 0 Å². The Morgan fingerprint density at radius 1 is 1.15 bits per heavy atom. The van der Waals surface area contributed by atoms with E-state index in [0.29, 0.717) is 32.9 Å². The molecule has 0 saturated heterocycles. The van der Waals surface area contributed by atoms with Gasteiger partial charge in [-0.1, -0.05) is 41.1 Å². The molecule has 0 atom stereocenters. The van der Waals surface area contributed by atoms with Crippen molar-refractivity contribution in [2.24, 2.45) is 0 Å². The molecule has 0 saturated carbocycles. The number of carbonyl (C=O) groups excluding carboxylic acids is 1. The monoisotopic (exact) mass is 485 g/mol. The van der Waals surface area contributed by atoms with Gasteiger partial charge in [-0.05, 0) is 25.1 Å². The molecular weight excluding hydrogens is 466 g/mol. The van der Waals surface area contributed by atoms with Crippen LogP contribution in [0.2, 0.25) is 5.02 Å². The van der Waals surface area contributed by atoms with Crippen LogP contribution in [-0.2, 0) is 11.3 Å². The minimum atomic E-state index is -0.472. The van der Waals surface area contributed by atoms with Gasteiger partial charge >= 0.3 is 5.69 Å². The van der Waals surface area contributed by atoms with Crippen molar-refractivity contribution < 1.29 is 14.3 Å². The Morgan fingerprint density at radius 3 is 2.58 bits per heavy atom. The Hall–Kier alpha value is -3.50. The summed E-state index contributed by atoms with van der Waals surface area (Å²) >= 11 is 7.55. The van der Waals surface area contributed by atoms with E-state index < -0.39 is 11.6 Å². The van der Waals surface area contributed by atoms with E-state index in [0.717, 1.165) is 15.1 Å². The number of anilines is 1. The number of nitrogens with one attached hydrogen (secondary N) is 1. The van der Waals surface area contributed by atoms with E-state index in [9.17, 15) is 9.59 Å². The first kappa shape index (κ1) is 22.7. The summed E-state index contributed by atoms with van der Waals surface area (Å²) in [6.07, 6.45) is 3.05. The molecule has 0 fully saturated rings. The smallest absolute Gasteiger partial charge is 0.350 e. The molecule has 0 aliphatic rings. The highest BCUT2D eigenvalue weighted by Gasteiger charge is 2.17. The van der Waals surface area contributed by atoms with Gasteiger partial charge in [0, 0.05) is 23.4 Å². The number of carbonyl (C=O) groups is 1. The zero-order valence-electron chi connectivity index (χ0n) is 18.0. The van der Waals surface area contributed by atoms with Crippen molar-refractivity contribution in [1.82, 2.24) is 19.2 Å². The van der Waals surface area contributed by atoms with Gasteiger partial charge in [0.1, 0.15) is 23.1 Å². The van der Waals surface area contributed by atoms with E-state index in [1.807, 2.05) is 31.2 Å². The highest BCUT2D eigenvalue weighted by molar-refractivity contribution is 7.99. The normalized spacial score (nSPS) is 10.9. The van der Waals surface area contributed by atoms with Crippen LogP contribution in [-0.4, -0.2) is 39.3 Å². The highest BCUT2D eigenvalue weighted by Crippen LogP contribution is 2.36. The molecule has 2 heterocycles. The second kappa shape index (κ2) is 9.55. The molecule has 9 nitrogen and oxygen atoms in total. The fourth-order valence-electron chi connectivity index (χ4n) is 3.10. The number of fused-ring (bicyclic) bond motifs is 1. The van der Waals surface area contributed by atoms with Crippen molar-refractivity contribution >= 4 is 40.6 Å². The number of benzene rings is 2. The van der Waals surface area contributed by atoms with Crippen LogP contribution in [0.3, 0.4) is 0 Å². The maximum Gasteiger partial charge on any atom is 0.350 e. The molecule has 170 valence electrons. The number of hydrogen-bond acceptors (Lipinski definition) is 7. The van der Waals surface area contributed by atoms with E-state index >= 15 is 0 Å². The molecule has 0 spiro atoms. The highest BCUT2D eigenvalue weighted by atomic mass is 35.5. The van der Waals surface area contributed by atoms with Crippen LogP contribution in [0.4, 0.5) is 5.69 Å². The van der Waals surface area contributed by atoms with Crippen molar-refractivity contribution in [3.8, 4) is 11.5 Å². The minimum absolute atomic E-state index is 0.304. The molecule has 0 aliphatic heterocycles. The Labute approximate surface area is 198 Å². The Morgan fingerprint density at radius 2 is 1.88 bits per heavy atom. The summed E-state index contributed by atoms with van der Waals surface area (Å²) in [6, 6.07) is 11.0. The lowest BCUT2D eigenvalue weighted by atomic mass is 10.2. The van der Waals surface area contributed by atoms with Crippen LogP contribution < -0.4 is 20.5 Å². The van der Waals surface area contributed by atoms with Gasteiger partial charge in [0.05, 0.1) is 24.9 Å². The maximum atomic E-state index is 12.8. The number of amides is 1. The number of aryl methyl sites for hydroxylation is 1. The Balaban J connectivity index is 1.59. The third-order valence-corrected chi connectivity index (χ3v) is 6.03. The number of nitrogens with zero attached hydrogens (tertiary/aromatic N) is 4. The van der Waals surface area contributed by atoms with Crippen LogP contribution in [0.1, 0.15) is 5.56 Å². The van der Waals surface area contributed by atoms with Gasteiger partial charge in [0.15, 0.2) is 5.65 Å². The second-order valence-corrected chi connectivity index (χ2v) is 8.49. The average molecular weight is 486 g/mol. The predicted octanol–water partition coefficient (Wildman–Crippen LogP) is 3.66. The Kier molecular flexibility index (Phi) is 6.57. The number of methoxy groups -OCH3 is 2. The van der Waals surface area contributed by atoms with E-state index in [2.05, 4.69) is 15.4 Å². The SMILES string of the molecule is COc1cc(OC)c(NC(=O)Cn2nc3c(Sc4ccc(C)cc4)nccn3c2=O)cc1Cl. The average Bonchev–Trinajstić information content (AvgIpc) is 3.11. The van der Waals surface area contributed by atoms with Crippen molar-refractivity contribution in [2.45, 2.75) is 23.4 Å². The van der Waals surface area contributed by atoms with Crippen molar-refractivity contribution in [2.75, 3.05) is 19.5 Å². The molecule has 2 aromatic carbocycles. The fourth-order valence-corrected chi connectivity index (χ4v) is 4.18. The molecule has 2 aromatic heterocycles. The number of hydrogen-bond donors (Lipinski definition) is 1. The number of aromatic nitrogens is 4. The topological polar surface area (TPSA) is 99.8 Å². The standard InChI is InChI=1S/C22H20ClN5O4S/c1-13-4-6-14(7-5-13)33-21-20-26-28(22(30)27(20)9-8-24-21)12-19(29)25-16-10-15(23)17(31-2)11-18(16)32-3/h4-11H,12H2,1-3H3,(H,25,29). The van der Waals surface area contributed by atoms with Crippen LogP contribution in [0.15, 0.2) is 63.5 Å². The molecule has 4 rings (SSSR count). The fraction of sp³-hybridized carbons (Fsp3) is 0.182. The van der Waals surface area contributed by atoms with E-state index in [-0.39, 0.29) is 6.54 Å². The third kappa shape index (κ3) is 4.81. The van der Waals surface area contributed by atoms with Gasteiger partial charge in [-0.3, -0.25) is 4.79 Å². The summed E-state index contributed by atoms with van der Waals surface area (Å²) in [7, 11) is 2.94. The molecule has 0 unspecified atom stereocenters. The maximum absolute atomic E-state index is 12.8. The zero-order valence-corrected chi connectivity index (χ0v) is 19.6. The van der Waals surface area contributed by atoms with E-state index in [1.165, 1.54) is 48.8 Å². The molecule has 4 aromatic rings. The largest absolute Gasteiger partial charge is 0.495 e. The van der Waals surface area contributed by atoms with Crippen molar-refractivity contribution in [3.63, 3.8) is 0 Å². The van der Waals surface area contributed by atoms with Crippen molar-refractivity contribution in [3.05, 3.63) is 69.9 Å². The first-order valence-corrected chi connectivity index (χ1v) is 11.0. The van der Waals surface area contributed by atoms with Gasteiger partial charge in [-0.15, -0.1) is 5.10 Å². The van der Waals surface area contributed by atoms with Gasteiger partial charge < -0.3 is 14.8 Å². The number of ether oxygens (including phenoxy) is 2. The van der Waals surface area contributed by atoms with E-state index in [4.69, 9.17) is 21.1 Å². The molecule has 11 heteroatoms. The van der Waals surface area contributed by atoms with Gasteiger partial charge in [0.25, 0.3) is 0 Å². The molecule has 1 amide bonds. The molecular formula is C22H20ClN5O4S. The van der Waals surface area contributed by atoms with Gasteiger partial charge in [0.2, 0.25) is 5.91 Å². The number of halogens is 1. The van der Waals surface area contributed by atoms with E-state index in [1.54, 1.807) is 6.07 Å². The zero-order chi connectivity index (χ0) is 23.5. The van der Waals surface area contributed by atoms with Crippen LogP contribution in [0.5, 0.6) is 11.5 Å². The summed E-state index contributed by atoms with van der Waals surface area (Å²) in [5.74, 6) is 0.308. The molecule has 0 radical (unpaired) electrons. The third-order valence-electron chi connectivity index (χ3n) is 4.75. The van der Waals surface area contributed by atoms with Crippen LogP contribution in [0.25, 0.3) is 5.65 Å². The van der Waals surface area contributed by atoms with Crippen LogP contribution in [0, 0.1) is 6.92 Å². The summed E-state index contributed by atoms with van der Waals surface area (Å²) in [5.41, 5.74) is 1.41. The molecule has 0 aliphatic carbocycles. The molecule has 0 bridgehead atoms. The summed E-state index contributed by atoms with van der Waals surface area (Å²) in [6.45, 7) is 1.71. The molecule has 33 heavy (non-hydrogen) atoms. The first-order chi connectivity index (χ1) is 15.9. The lowest BCUT2D eigenvalue weighted by Gasteiger charge is -2.12. The Bertz CT molecular complexity index is 1380. The summed E-state index contributed by atoms with van der Waals surface area (Å²) < 4.78 is 12.9. The molecule has 1 N–H and O–H groups in total. The van der Waals surface area contributed by atoms with Crippen molar-refractivity contribution in [1.29, 1.82) is 0 Å². The summed E-state index contributed by atoms with van der Waals surface area (Å²) in [5, 5.41) is 7.90. The van der Waals surface area contributed by atoms with Crippen LogP contribution >= 0.6 is 23.4 Å². The second-order valence-electron chi connectivity index (χ2n) is 7.02. The minimum Gasteiger partial charge on any atom is -0.495 e. The quantitative estimate of drug-likeness (QED) is 0.426. The first-order valence-electron chi connectivity index (χ1n) is 9.79.